The maximum atomic E-state index is 12.8. The van der Waals surface area contributed by atoms with Gasteiger partial charge in [0.15, 0.2) is 6.10 Å². The summed E-state index contributed by atoms with van der Waals surface area (Å²) in [5.74, 6) is -0.827. The third kappa shape index (κ3) is 85.2. The average molecular weight is 1430 g/mol. The first kappa shape index (κ1) is 97.4. The van der Waals surface area contributed by atoms with Crippen LogP contribution in [0.4, 0.5) is 0 Å². The van der Waals surface area contributed by atoms with Gasteiger partial charge in [0.2, 0.25) is 0 Å². The van der Waals surface area contributed by atoms with Crippen LogP contribution in [-0.4, -0.2) is 49.3 Å². The molecular weight excluding hydrogens is 1270 g/mol. The molecule has 101 heavy (non-hydrogen) atoms. The first-order valence-corrected chi connectivity index (χ1v) is 44.5. The van der Waals surface area contributed by atoms with Crippen molar-refractivity contribution in [2.24, 2.45) is 5.73 Å². The minimum atomic E-state index is -4.41. The number of nitrogens with two attached hydrogens (primary N) is 1. The van der Waals surface area contributed by atoms with Crippen LogP contribution in [0.25, 0.3) is 0 Å². The van der Waals surface area contributed by atoms with E-state index in [1.54, 1.807) is 0 Å². The SMILES string of the molecule is CC/C=C\C/C=C\C/C=C\C/C=C\C/C=C\C/C=C\C/C=C\C/C=C\C/C=C\C/C=C\CCCCCCCCCCC(=O)OC(COC(=O)CCCCCCCCCCCCCCCCCCCCCCCCCCCCCCCCCCCCCCCCCCC)COP(=O)(O)OCCN. The monoisotopic (exact) mass is 1430 g/mol. The molecular formula is C91H162NO8P. The molecule has 2 unspecified atom stereocenters. The van der Waals surface area contributed by atoms with Gasteiger partial charge in [-0.3, -0.25) is 18.6 Å². The van der Waals surface area contributed by atoms with E-state index < -0.39 is 26.5 Å². The number of hydrogen-bond acceptors (Lipinski definition) is 8. The van der Waals surface area contributed by atoms with Gasteiger partial charge in [-0.1, -0.05) is 431 Å². The van der Waals surface area contributed by atoms with Gasteiger partial charge in [-0.25, -0.2) is 4.57 Å². The van der Waals surface area contributed by atoms with Crippen molar-refractivity contribution in [1.82, 2.24) is 0 Å². The lowest BCUT2D eigenvalue weighted by Crippen LogP contribution is -2.29. The molecule has 0 radical (unpaired) electrons. The lowest BCUT2D eigenvalue weighted by molar-refractivity contribution is -0.161. The van der Waals surface area contributed by atoms with E-state index in [1.165, 1.54) is 270 Å². The molecule has 2 atom stereocenters. The van der Waals surface area contributed by atoms with Crippen molar-refractivity contribution in [3.05, 3.63) is 122 Å². The van der Waals surface area contributed by atoms with Crippen molar-refractivity contribution < 1.29 is 37.6 Å². The van der Waals surface area contributed by atoms with Crippen molar-refractivity contribution in [1.29, 1.82) is 0 Å². The second kappa shape index (κ2) is 85.3. The number of allylic oxidation sites excluding steroid dienone is 20. The molecule has 10 heteroatoms. The van der Waals surface area contributed by atoms with Crippen LogP contribution in [0.15, 0.2) is 122 Å². The quantitative estimate of drug-likeness (QED) is 0.0264. The van der Waals surface area contributed by atoms with Gasteiger partial charge in [0.25, 0.3) is 0 Å². The molecule has 0 fully saturated rings. The number of carbonyl (C=O) groups excluding carboxylic acids is 2. The highest BCUT2D eigenvalue weighted by molar-refractivity contribution is 7.47. The summed E-state index contributed by atoms with van der Waals surface area (Å²) in [5.41, 5.74) is 5.42. The Hall–Kier alpha value is -3.59. The van der Waals surface area contributed by atoms with Gasteiger partial charge in [0.1, 0.15) is 6.61 Å². The number of carbonyl (C=O) groups is 2. The van der Waals surface area contributed by atoms with Gasteiger partial charge >= 0.3 is 19.8 Å². The fourth-order valence-electron chi connectivity index (χ4n) is 12.6. The topological polar surface area (TPSA) is 134 Å². The first-order chi connectivity index (χ1) is 49.8. The molecule has 0 rings (SSSR count). The standard InChI is InChI=1S/C91H162NO8P/c1-3-5-7-9-11-13-15-17-19-21-23-25-27-29-31-33-35-37-39-41-43-44-46-47-49-51-53-55-57-59-61-63-65-67-69-71-73-75-77-79-81-83-90(93)97-87-89(88-99-101(95,96)98-86-85-92)100-91(94)84-82-80-78-76-74-72-70-68-66-64-62-60-58-56-54-52-50-48-45-42-40-38-36-34-32-30-28-26-24-22-20-18-16-14-12-10-8-6-4-2/h6,8,12,14,18,20,24,26,30,32,36,38,42,45,50,52,56,58,62,64,89H,3-5,7,9-11,13,15-17,19,21-23,25,27-29,31,33-35,37,39-41,43-44,46-49,51,53-55,57,59-61,63,65-88,92H2,1-2H3,(H,95,96)/b8-6-,14-12-,20-18-,26-24-,32-30-,38-36-,45-42-,52-50-,58-56-,64-62-. The molecule has 0 aliphatic heterocycles. The Balaban J connectivity index is 3.81. The van der Waals surface area contributed by atoms with Crippen LogP contribution >= 0.6 is 7.82 Å². The summed E-state index contributed by atoms with van der Waals surface area (Å²) in [6, 6.07) is 0. The number of phosphoric acid groups is 1. The number of esters is 2. The molecule has 0 aliphatic rings. The van der Waals surface area contributed by atoms with Crippen molar-refractivity contribution in [2.45, 2.75) is 418 Å². The van der Waals surface area contributed by atoms with Gasteiger partial charge in [-0.05, 0) is 89.9 Å². The molecule has 0 aliphatic carbocycles. The Morgan fingerprint density at radius 1 is 0.307 bits per heavy atom. The van der Waals surface area contributed by atoms with Crippen LogP contribution in [-0.2, 0) is 32.7 Å². The van der Waals surface area contributed by atoms with E-state index in [9.17, 15) is 19.0 Å². The van der Waals surface area contributed by atoms with Crippen LogP contribution in [0, 0.1) is 0 Å². The summed E-state index contributed by atoms with van der Waals surface area (Å²) >= 11 is 0. The first-order valence-electron chi connectivity index (χ1n) is 43.0. The predicted molar refractivity (Wildman–Crippen MR) is 441 cm³/mol. The molecule has 0 aromatic heterocycles. The maximum absolute atomic E-state index is 12.8. The Labute approximate surface area is 625 Å². The zero-order valence-corrected chi connectivity index (χ0v) is 67.0. The molecule has 0 bridgehead atoms. The van der Waals surface area contributed by atoms with Crippen LogP contribution < -0.4 is 5.73 Å². The van der Waals surface area contributed by atoms with E-state index in [1.807, 2.05) is 0 Å². The van der Waals surface area contributed by atoms with E-state index in [4.69, 9.17) is 24.3 Å². The summed E-state index contributed by atoms with van der Waals surface area (Å²) in [7, 11) is -4.41. The van der Waals surface area contributed by atoms with E-state index in [0.717, 1.165) is 109 Å². The molecule has 584 valence electrons. The van der Waals surface area contributed by atoms with Crippen LogP contribution in [0.3, 0.4) is 0 Å². The number of ether oxygens (including phenoxy) is 2. The summed E-state index contributed by atoms with van der Waals surface area (Å²) in [5, 5.41) is 0. The molecule has 0 saturated heterocycles. The molecule has 0 spiro atoms. The Kier molecular flexibility index (Phi) is 82.3. The molecule has 0 amide bonds. The summed E-state index contributed by atoms with van der Waals surface area (Å²) in [6.45, 7) is 3.67. The van der Waals surface area contributed by atoms with Crippen molar-refractivity contribution in [3.63, 3.8) is 0 Å². The highest BCUT2D eigenvalue weighted by Gasteiger charge is 2.26. The lowest BCUT2D eigenvalue weighted by atomic mass is 10.0. The third-order valence-corrected chi connectivity index (χ3v) is 19.8. The van der Waals surface area contributed by atoms with E-state index in [2.05, 4.69) is 135 Å². The molecule has 3 N–H and O–H groups in total. The number of rotatable bonds is 81. The van der Waals surface area contributed by atoms with Gasteiger partial charge in [-0.15, -0.1) is 0 Å². The highest BCUT2D eigenvalue weighted by atomic mass is 31.2. The fourth-order valence-corrected chi connectivity index (χ4v) is 13.3. The molecule has 0 saturated carbocycles. The average Bonchev–Trinajstić information content (AvgIpc) is 1.01. The Bertz CT molecular complexity index is 2080. The van der Waals surface area contributed by atoms with Crippen molar-refractivity contribution in [3.8, 4) is 0 Å². The molecule has 0 heterocycles. The molecule has 0 aromatic rings. The predicted octanol–water partition coefficient (Wildman–Crippen LogP) is 29.3. The van der Waals surface area contributed by atoms with E-state index in [0.29, 0.717) is 6.42 Å². The number of phosphoric ester groups is 1. The maximum Gasteiger partial charge on any atom is 0.472 e. The number of hydrogen-bond donors (Lipinski definition) is 2. The largest absolute Gasteiger partial charge is 0.472 e. The minimum absolute atomic E-state index is 0.0484. The lowest BCUT2D eigenvalue weighted by Gasteiger charge is -2.19. The second-order valence-corrected chi connectivity index (χ2v) is 30.1. The smallest absolute Gasteiger partial charge is 0.462 e. The Morgan fingerprint density at radius 2 is 0.545 bits per heavy atom. The highest BCUT2D eigenvalue weighted by Crippen LogP contribution is 2.43. The minimum Gasteiger partial charge on any atom is -0.462 e. The van der Waals surface area contributed by atoms with Crippen LogP contribution in [0.5, 0.6) is 0 Å². The van der Waals surface area contributed by atoms with Gasteiger partial charge < -0.3 is 20.1 Å². The van der Waals surface area contributed by atoms with Crippen molar-refractivity contribution >= 4 is 19.8 Å². The van der Waals surface area contributed by atoms with Gasteiger partial charge in [0, 0.05) is 19.4 Å². The third-order valence-electron chi connectivity index (χ3n) is 18.9. The summed E-state index contributed by atoms with van der Waals surface area (Å²) < 4.78 is 33.3. The van der Waals surface area contributed by atoms with Crippen molar-refractivity contribution in [2.75, 3.05) is 26.4 Å². The summed E-state index contributed by atoms with van der Waals surface area (Å²) in [6.07, 6.45) is 121. The van der Waals surface area contributed by atoms with Crippen LogP contribution in [0.2, 0.25) is 0 Å². The molecule has 9 nitrogen and oxygen atoms in total. The zero-order chi connectivity index (χ0) is 72.9. The summed E-state index contributed by atoms with van der Waals surface area (Å²) in [4.78, 5) is 35.5. The number of unbranched alkanes of at least 4 members (excludes halogenated alkanes) is 48. The second-order valence-electron chi connectivity index (χ2n) is 28.7. The van der Waals surface area contributed by atoms with E-state index in [-0.39, 0.29) is 38.6 Å². The van der Waals surface area contributed by atoms with Gasteiger partial charge in [-0.2, -0.15) is 0 Å². The molecule has 0 aromatic carbocycles. The fraction of sp³-hybridized carbons (Fsp3) is 0.758. The van der Waals surface area contributed by atoms with Gasteiger partial charge in [0.05, 0.1) is 13.2 Å². The Morgan fingerprint density at radius 3 is 0.812 bits per heavy atom. The normalized spacial score (nSPS) is 13.4. The zero-order valence-electron chi connectivity index (χ0n) is 66.1. The van der Waals surface area contributed by atoms with E-state index >= 15 is 0 Å². The van der Waals surface area contributed by atoms with Crippen LogP contribution in [0.1, 0.15) is 412 Å².